The van der Waals surface area contributed by atoms with Gasteiger partial charge in [0.1, 0.15) is 22.8 Å². The largest absolute Gasteiger partial charge is 0.384 e. The minimum Gasteiger partial charge on any atom is -0.384 e. The minimum absolute atomic E-state index is 0. The molecule has 1 unspecified atom stereocenters. The first-order chi connectivity index (χ1) is 14.4. The molecule has 0 radical (unpaired) electrons. The molecule has 2 aromatic rings. The standard InChI is InChI=1S/C21H26N6O2S.2ClH/c1-12-15(3-6-19(23)26-12)11-25-20(28)13(2)27-21(29)18-8-14(10-24-18)7-16-4-5-17(9-22)30-16;;/h3-6,13-14,18,24H,7-8,10-11H2,1-2H3,(H2,23,26)(H,25,28)(H,27,29);2*1H/t13?,14-,18+;;/m0../s1. The molecule has 2 aromatic heterocycles. The molecule has 174 valence electrons. The second-order valence-corrected chi connectivity index (χ2v) is 8.74. The first-order valence-corrected chi connectivity index (χ1v) is 10.7. The van der Waals surface area contributed by atoms with Crippen LogP contribution in [0.25, 0.3) is 0 Å². The van der Waals surface area contributed by atoms with Crippen molar-refractivity contribution in [2.75, 3.05) is 12.3 Å². The van der Waals surface area contributed by atoms with E-state index < -0.39 is 6.04 Å². The zero-order valence-corrected chi connectivity index (χ0v) is 20.3. The van der Waals surface area contributed by atoms with Crippen LogP contribution in [0.1, 0.15) is 34.4 Å². The van der Waals surface area contributed by atoms with Crippen LogP contribution < -0.4 is 21.7 Å². The van der Waals surface area contributed by atoms with Crippen LogP contribution in [0.4, 0.5) is 5.82 Å². The zero-order chi connectivity index (χ0) is 21.7. The van der Waals surface area contributed by atoms with Crippen molar-refractivity contribution in [3.63, 3.8) is 0 Å². The van der Waals surface area contributed by atoms with Crippen LogP contribution in [0.2, 0.25) is 0 Å². The summed E-state index contributed by atoms with van der Waals surface area (Å²) in [6, 6.07) is 8.52. The molecule has 3 rings (SSSR count). The van der Waals surface area contributed by atoms with Gasteiger partial charge in [-0.2, -0.15) is 5.26 Å². The number of rotatable bonds is 7. The Morgan fingerprint density at radius 1 is 1.34 bits per heavy atom. The molecule has 1 saturated heterocycles. The van der Waals surface area contributed by atoms with Crippen molar-refractivity contribution < 1.29 is 9.59 Å². The lowest BCUT2D eigenvalue weighted by molar-refractivity contribution is -0.129. The molecule has 0 aromatic carbocycles. The van der Waals surface area contributed by atoms with E-state index in [4.69, 9.17) is 11.0 Å². The molecule has 0 bridgehead atoms. The SMILES string of the molecule is Cc1nc(N)ccc1CNC(=O)C(C)NC(=O)[C@H]1C[C@H](Cc2ccc(C#N)s2)CN1.Cl.Cl. The first-order valence-electron chi connectivity index (χ1n) is 9.88. The van der Waals surface area contributed by atoms with Crippen LogP contribution in [0.3, 0.4) is 0 Å². The molecule has 5 N–H and O–H groups in total. The van der Waals surface area contributed by atoms with Gasteiger partial charge in [0.2, 0.25) is 11.8 Å². The highest BCUT2D eigenvalue weighted by molar-refractivity contribution is 7.12. The molecule has 1 fully saturated rings. The van der Waals surface area contributed by atoms with Gasteiger partial charge in [-0.25, -0.2) is 4.98 Å². The highest BCUT2D eigenvalue weighted by atomic mass is 35.5. The van der Waals surface area contributed by atoms with Gasteiger partial charge in [-0.3, -0.25) is 9.59 Å². The monoisotopic (exact) mass is 498 g/mol. The van der Waals surface area contributed by atoms with E-state index in [1.54, 1.807) is 13.0 Å². The Labute approximate surface area is 204 Å². The summed E-state index contributed by atoms with van der Waals surface area (Å²) in [6.07, 6.45) is 1.55. The molecule has 0 aliphatic carbocycles. The number of anilines is 1. The molecule has 2 amide bonds. The van der Waals surface area contributed by atoms with Gasteiger partial charge in [-0.15, -0.1) is 36.2 Å². The summed E-state index contributed by atoms with van der Waals surface area (Å²) in [6.45, 7) is 4.57. The fraction of sp³-hybridized carbons (Fsp3) is 0.429. The van der Waals surface area contributed by atoms with E-state index in [-0.39, 0.29) is 42.7 Å². The smallest absolute Gasteiger partial charge is 0.242 e. The number of amides is 2. The van der Waals surface area contributed by atoms with E-state index in [1.165, 1.54) is 11.3 Å². The molecule has 0 spiro atoms. The van der Waals surface area contributed by atoms with Gasteiger partial charge in [0.05, 0.1) is 6.04 Å². The maximum atomic E-state index is 12.6. The van der Waals surface area contributed by atoms with Crippen molar-refractivity contribution in [3.8, 4) is 6.07 Å². The number of aromatic nitrogens is 1. The number of carbonyl (C=O) groups is 2. The van der Waals surface area contributed by atoms with Crippen LogP contribution in [0, 0.1) is 24.2 Å². The van der Waals surface area contributed by atoms with E-state index in [9.17, 15) is 9.59 Å². The lowest BCUT2D eigenvalue weighted by atomic mass is 10.0. The zero-order valence-electron chi connectivity index (χ0n) is 17.9. The minimum atomic E-state index is -0.643. The van der Waals surface area contributed by atoms with Crippen LogP contribution in [0.5, 0.6) is 0 Å². The maximum Gasteiger partial charge on any atom is 0.242 e. The van der Waals surface area contributed by atoms with Gasteiger partial charge in [0.25, 0.3) is 0 Å². The summed E-state index contributed by atoms with van der Waals surface area (Å²) in [5.74, 6) is 0.345. The molecular weight excluding hydrogens is 471 g/mol. The lowest BCUT2D eigenvalue weighted by Gasteiger charge is -2.17. The number of carbonyl (C=O) groups excluding carboxylic acids is 2. The van der Waals surface area contributed by atoms with E-state index >= 15 is 0 Å². The highest BCUT2D eigenvalue weighted by Gasteiger charge is 2.31. The number of thiophene rings is 1. The number of halogens is 2. The fourth-order valence-corrected chi connectivity index (χ4v) is 4.43. The second-order valence-electron chi connectivity index (χ2n) is 7.57. The molecule has 32 heavy (non-hydrogen) atoms. The molecule has 0 saturated carbocycles. The van der Waals surface area contributed by atoms with Crippen molar-refractivity contribution in [2.24, 2.45) is 5.92 Å². The fourth-order valence-electron chi connectivity index (χ4n) is 3.51. The van der Waals surface area contributed by atoms with Gasteiger partial charge in [-0.1, -0.05) is 6.07 Å². The lowest BCUT2D eigenvalue weighted by Crippen LogP contribution is -2.50. The topological polar surface area (TPSA) is 133 Å². The third-order valence-corrected chi connectivity index (χ3v) is 6.23. The van der Waals surface area contributed by atoms with Crippen LogP contribution in [-0.4, -0.2) is 35.4 Å². The second kappa shape index (κ2) is 12.6. The van der Waals surface area contributed by atoms with Gasteiger partial charge in [-0.05, 0) is 62.9 Å². The van der Waals surface area contributed by atoms with Crippen molar-refractivity contribution >= 4 is 53.8 Å². The number of nitrogen functional groups attached to an aromatic ring is 1. The van der Waals surface area contributed by atoms with Gasteiger partial charge in [0, 0.05) is 17.1 Å². The van der Waals surface area contributed by atoms with Crippen molar-refractivity contribution in [2.45, 2.75) is 45.3 Å². The summed E-state index contributed by atoms with van der Waals surface area (Å²) < 4.78 is 0. The van der Waals surface area contributed by atoms with Crippen molar-refractivity contribution in [1.29, 1.82) is 5.26 Å². The number of nitrogens with one attached hydrogen (secondary N) is 3. The van der Waals surface area contributed by atoms with Crippen LogP contribution in [-0.2, 0) is 22.6 Å². The Bertz CT molecular complexity index is 977. The number of nitriles is 1. The number of nitrogens with two attached hydrogens (primary N) is 1. The predicted octanol–water partition coefficient (Wildman–Crippen LogP) is 2.09. The highest BCUT2D eigenvalue weighted by Crippen LogP contribution is 2.24. The van der Waals surface area contributed by atoms with Gasteiger partial charge >= 0.3 is 0 Å². The summed E-state index contributed by atoms with van der Waals surface area (Å²) in [5, 5.41) is 17.8. The molecule has 3 atom stereocenters. The van der Waals surface area contributed by atoms with Gasteiger partial charge < -0.3 is 21.7 Å². The van der Waals surface area contributed by atoms with E-state index in [0.717, 1.165) is 29.1 Å². The molecule has 1 aliphatic rings. The van der Waals surface area contributed by atoms with Crippen LogP contribution >= 0.6 is 36.2 Å². The van der Waals surface area contributed by atoms with Crippen LogP contribution in [0.15, 0.2) is 24.3 Å². The first kappa shape index (κ1) is 27.7. The third-order valence-electron chi connectivity index (χ3n) is 5.22. The third kappa shape index (κ3) is 7.35. The Balaban J connectivity index is 0.00000256. The van der Waals surface area contributed by atoms with Crippen molar-refractivity contribution in [1.82, 2.24) is 20.9 Å². The molecule has 1 aliphatic heterocycles. The van der Waals surface area contributed by atoms with Crippen molar-refractivity contribution in [3.05, 3.63) is 45.3 Å². The number of hydrogen-bond acceptors (Lipinski definition) is 7. The van der Waals surface area contributed by atoms with E-state index in [2.05, 4.69) is 27.0 Å². The number of hydrogen-bond donors (Lipinski definition) is 4. The summed E-state index contributed by atoms with van der Waals surface area (Å²) in [4.78, 5) is 31.0. The Morgan fingerprint density at radius 2 is 2.09 bits per heavy atom. The number of nitrogens with zero attached hydrogens (tertiary/aromatic N) is 2. The predicted molar refractivity (Wildman–Crippen MR) is 130 cm³/mol. The number of aryl methyl sites for hydroxylation is 1. The Hall–Kier alpha value is -2.38. The summed E-state index contributed by atoms with van der Waals surface area (Å²) in [7, 11) is 0. The molecular formula is C21H28Cl2N6O2S. The summed E-state index contributed by atoms with van der Waals surface area (Å²) >= 11 is 1.50. The average molecular weight is 499 g/mol. The molecule has 11 heteroatoms. The molecule has 8 nitrogen and oxygen atoms in total. The number of pyridine rings is 1. The Kier molecular flexibility index (Phi) is 10.9. The van der Waals surface area contributed by atoms with E-state index in [0.29, 0.717) is 29.6 Å². The normalized spacial score (nSPS) is 17.9. The maximum absolute atomic E-state index is 12.6. The van der Waals surface area contributed by atoms with E-state index in [1.807, 2.05) is 25.1 Å². The quantitative estimate of drug-likeness (QED) is 0.461. The Morgan fingerprint density at radius 3 is 2.75 bits per heavy atom. The average Bonchev–Trinajstić information content (AvgIpc) is 3.36. The van der Waals surface area contributed by atoms with Gasteiger partial charge in [0.15, 0.2) is 0 Å². The summed E-state index contributed by atoms with van der Waals surface area (Å²) in [5.41, 5.74) is 7.29. The molecule has 3 heterocycles.